The molecule has 2 N–H and O–H groups in total. The van der Waals surface area contributed by atoms with E-state index in [0.717, 1.165) is 9.78 Å². The fourth-order valence-electron chi connectivity index (χ4n) is 2.85. The minimum Gasteiger partial charge on any atom is -0.414 e. The van der Waals surface area contributed by atoms with Gasteiger partial charge in [-0.1, -0.05) is 24.3 Å². The summed E-state index contributed by atoms with van der Waals surface area (Å²) in [5.41, 5.74) is 0.586. The molecule has 1 unspecified atom stereocenters. The summed E-state index contributed by atoms with van der Waals surface area (Å²) in [4.78, 5) is 14.2. The van der Waals surface area contributed by atoms with Gasteiger partial charge in [-0.15, -0.1) is 21.5 Å². The highest BCUT2D eigenvalue weighted by Crippen LogP contribution is 2.22. The maximum Gasteiger partial charge on any atom is 0.275 e. The number of carbonyl (C=O) groups is 1. The van der Waals surface area contributed by atoms with Gasteiger partial charge in [0.2, 0.25) is 0 Å². The molecule has 0 bridgehead atoms. The van der Waals surface area contributed by atoms with Crippen molar-refractivity contribution in [1.29, 1.82) is 0 Å². The number of halogens is 1. The van der Waals surface area contributed by atoms with E-state index in [-0.39, 0.29) is 18.3 Å². The van der Waals surface area contributed by atoms with Crippen LogP contribution in [0.5, 0.6) is 0 Å². The Morgan fingerprint density at radius 2 is 2.14 bits per heavy atom. The molecular weight excluding hydrogens is 395 g/mol. The Morgan fingerprint density at radius 3 is 2.90 bits per heavy atom. The van der Waals surface area contributed by atoms with Crippen LogP contribution in [0.1, 0.15) is 11.5 Å². The van der Waals surface area contributed by atoms with Crippen molar-refractivity contribution in [2.75, 3.05) is 33.4 Å². The molecule has 154 valence electrons. The third-order valence-electron chi connectivity index (χ3n) is 4.34. The van der Waals surface area contributed by atoms with Gasteiger partial charge in [0.1, 0.15) is 12.4 Å². The van der Waals surface area contributed by atoms with Crippen molar-refractivity contribution < 1.29 is 23.2 Å². The Morgan fingerprint density at radius 1 is 1.28 bits per heavy atom. The number of quaternary nitrogens is 1. The Hall–Kier alpha value is -2.62. The van der Waals surface area contributed by atoms with Gasteiger partial charge in [-0.25, -0.2) is 4.39 Å². The van der Waals surface area contributed by atoms with E-state index < -0.39 is 0 Å². The van der Waals surface area contributed by atoms with Crippen LogP contribution in [0, 0.1) is 5.82 Å². The van der Waals surface area contributed by atoms with E-state index in [1.807, 2.05) is 17.5 Å². The summed E-state index contributed by atoms with van der Waals surface area (Å²) in [5, 5.41) is 13.0. The summed E-state index contributed by atoms with van der Waals surface area (Å²) in [6.07, 6.45) is 0.444. The topological polar surface area (TPSA) is 81.7 Å². The molecule has 3 aromatic rings. The summed E-state index contributed by atoms with van der Waals surface area (Å²) in [6, 6.07) is 10.4. The largest absolute Gasteiger partial charge is 0.414 e. The first-order chi connectivity index (χ1) is 14.2. The summed E-state index contributed by atoms with van der Waals surface area (Å²) in [5.74, 6) is 0.576. The maximum atomic E-state index is 13.7. The van der Waals surface area contributed by atoms with Crippen molar-refractivity contribution in [3.63, 3.8) is 0 Å². The number of nitrogens with one attached hydrogen (secondary N) is 2. The highest BCUT2D eigenvalue weighted by atomic mass is 32.1. The van der Waals surface area contributed by atoms with Crippen molar-refractivity contribution >= 4 is 17.2 Å². The highest BCUT2D eigenvalue weighted by Gasteiger charge is 2.19. The molecule has 0 spiro atoms. The lowest BCUT2D eigenvalue weighted by Gasteiger charge is -2.17. The number of thiophene rings is 1. The van der Waals surface area contributed by atoms with E-state index in [0.29, 0.717) is 50.0 Å². The van der Waals surface area contributed by atoms with Gasteiger partial charge in [0, 0.05) is 13.7 Å². The molecule has 0 aliphatic rings. The predicted octanol–water partition coefficient (Wildman–Crippen LogP) is 1.33. The molecule has 7 nitrogen and oxygen atoms in total. The fraction of sp³-hybridized carbons (Fsp3) is 0.350. The van der Waals surface area contributed by atoms with Crippen LogP contribution in [0.25, 0.3) is 10.8 Å². The molecule has 0 fully saturated rings. The van der Waals surface area contributed by atoms with E-state index in [2.05, 4.69) is 15.5 Å². The van der Waals surface area contributed by atoms with Crippen LogP contribution in [0.2, 0.25) is 0 Å². The van der Waals surface area contributed by atoms with Crippen LogP contribution >= 0.6 is 11.3 Å². The maximum absolute atomic E-state index is 13.7. The molecule has 1 atom stereocenters. The van der Waals surface area contributed by atoms with Gasteiger partial charge in [-0.3, -0.25) is 4.79 Å². The second kappa shape index (κ2) is 10.8. The van der Waals surface area contributed by atoms with Gasteiger partial charge in [0.05, 0.1) is 11.5 Å². The predicted molar refractivity (Wildman–Crippen MR) is 107 cm³/mol. The molecule has 0 aliphatic carbocycles. The molecule has 29 heavy (non-hydrogen) atoms. The number of rotatable bonds is 11. The van der Waals surface area contributed by atoms with Crippen LogP contribution < -0.4 is 10.2 Å². The lowest BCUT2D eigenvalue weighted by atomic mass is 10.1. The van der Waals surface area contributed by atoms with Crippen LogP contribution in [-0.2, 0) is 22.5 Å². The molecule has 0 aliphatic heterocycles. The average molecular weight is 420 g/mol. The first kappa shape index (κ1) is 21.1. The molecular formula is C20H24FN4O3S+. The Labute approximate surface area is 172 Å². The normalized spacial score (nSPS) is 12.1. The molecule has 1 aromatic carbocycles. The average Bonchev–Trinajstić information content (AvgIpc) is 3.39. The highest BCUT2D eigenvalue weighted by molar-refractivity contribution is 7.13. The summed E-state index contributed by atoms with van der Waals surface area (Å²) in [6.45, 7) is 2.15. The minimum atomic E-state index is -0.257. The van der Waals surface area contributed by atoms with Crippen LogP contribution in [0.15, 0.2) is 46.2 Å². The van der Waals surface area contributed by atoms with Crippen LogP contribution in [-0.4, -0.2) is 49.5 Å². The van der Waals surface area contributed by atoms with E-state index >= 15 is 0 Å². The number of benzene rings is 1. The van der Waals surface area contributed by atoms with Gasteiger partial charge >= 0.3 is 0 Å². The molecule has 0 saturated heterocycles. The number of nitrogens with zero attached hydrogens (tertiary/aromatic N) is 2. The van der Waals surface area contributed by atoms with E-state index in [4.69, 9.17) is 9.15 Å². The Balaban J connectivity index is 1.51. The lowest BCUT2D eigenvalue weighted by Crippen LogP contribution is -3.12. The molecule has 2 aromatic heterocycles. The van der Waals surface area contributed by atoms with Gasteiger partial charge in [0.25, 0.3) is 17.7 Å². The molecule has 1 amide bonds. The van der Waals surface area contributed by atoms with Gasteiger partial charge in [0.15, 0.2) is 13.1 Å². The number of aromatic nitrogens is 2. The number of ether oxygens (including phenoxy) is 1. The number of hydrogen-bond donors (Lipinski definition) is 2. The number of amides is 1. The van der Waals surface area contributed by atoms with Crippen molar-refractivity contribution in [2.24, 2.45) is 0 Å². The Kier molecular flexibility index (Phi) is 7.85. The summed E-state index contributed by atoms with van der Waals surface area (Å²) in [7, 11) is 1.62. The Bertz CT molecular complexity index is 901. The zero-order valence-corrected chi connectivity index (χ0v) is 17.0. The number of carbonyl (C=O) groups excluding carboxylic acids is 1. The van der Waals surface area contributed by atoms with Crippen LogP contribution in [0.4, 0.5) is 4.39 Å². The zero-order chi connectivity index (χ0) is 20.5. The molecule has 9 heteroatoms. The second-order valence-electron chi connectivity index (χ2n) is 6.52. The van der Waals surface area contributed by atoms with Gasteiger partial charge < -0.3 is 19.4 Å². The van der Waals surface area contributed by atoms with Crippen molar-refractivity contribution in [2.45, 2.75) is 13.0 Å². The van der Waals surface area contributed by atoms with E-state index in [1.165, 1.54) is 17.4 Å². The third kappa shape index (κ3) is 6.45. The van der Waals surface area contributed by atoms with Crippen molar-refractivity contribution in [3.8, 4) is 10.8 Å². The smallest absolute Gasteiger partial charge is 0.275 e. The van der Waals surface area contributed by atoms with Crippen molar-refractivity contribution in [1.82, 2.24) is 15.5 Å². The number of hydrogen-bond acceptors (Lipinski definition) is 6. The molecule has 0 radical (unpaired) electrons. The lowest BCUT2D eigenvalue weighted by molar-refractivity contribution is -0.907. The molecule has 2 heterocycles. The van der Waals surface area contributed by atoms with Gasteiger partial charge in [-0.2, -0.15) is 0 Å². The quantitative estimate of drug-likeness (QED) is 0.490. The summed E-state index contributed by atoms with van der Waals surface area (Å²) < 4.78 is 24.5. The van der Waals surface area contributed by atoms with Crippen molar-refractivity contribution in [3.05, 3.63) is 59.0 Å². The zero-order valence-electron chi connectivity index (χ0n) is 16.2. The SMILES string of the molecule is COCC[NH+](CC(=O)NCCc1ccccc1F)Cc1nnc(-c2cccs2)o1. The first-order valence-electron chi connectivity index (χ1n) is 9.34. The minimum absolute atomic E-state index is 0.120. The second-order valence-corrected chi connectivity index (χ2v) is 7.46. The number of methoxy groups -OCH3 is 1. The summed E-state index contributed by atoms with van der Waals surface area (Å²) >= 11 is 1.53. The van der Waals surface area contributed by atoms with E-state index in [9.17, 15) is 9.18 Å². The van der Waals surface area contributed by atoms with E-state index in [1.54, 1.807) is 25.3 Å². The standard InChI is InChI=1S/C20H23FN4O3S/c1-27-11-10-25(14-19-23-24-20(28-19)17-7-4-12-29-17)13-18(26)22-9-8-15-5-2-3-6-16(15)21/h2-7,12H,8-11,13-14H2,1H3,(H,22,26)/p+1. The molecule has 0 saturated carbocycles. The first-order valence-corrected chi connectivity index (χ1v) is 10.2. The molecule has 3 rings (SSSR count). The fourth-order valence-corrected chi connectivity index (χ4v) is 3.50. The van der Waals surface area contributed by atoms with Gasteiger partial charge in [-0.05, 0) is 29.5 Å². The van der Waals surface area contributed by atoms with Crippen LogP contribution in [0.3, 0.4) is 0 Å². The monoisotopic (exact) mass is 419 g/mol. The third-order valence-corrected chi connectivity index (χ3v) is 5.20.